The first-order valence-electron chi connectivity index (χ1n) is 6.14. The van der Waals surface area contributed by atoms with E-state index in [1.165, 1.54) is 6.92 Å². The Labute approximate surface area is 103 Å². The molecule has 1 unspecified atom stereocenters. The lowest BCUT2D eigenvalue weighted by atomic mass is 9.97. The fraction of sp³-hybridized carbons (Fsp3) is 0.769. The third-order valence-corrected chi connectivity index (χ3v) is 2.66. The van der Waals surface area contributed by atoms with Gasteiger partial charge in [-0.1, -0.05) is 27.7 Å². The van der Waals surface area contributed by atoms with Gasteiger partial charge in [0.1, 0.15) is 0 Å². The third-order valence-electron chi connectivity index (χ3n) is 2.66. The van der Waals surface area contributed by atoms with Crippen LogP contribution < -0.4 is 5.32 Å². The topological polar surface area (TPSA) is 63.2 Å². The van der Waals surface area contributed by atoms with Gasteiger partial charge in [0, 0.05) is 12.8 Å². The molecule has 0 aliphatic carbocycles. The van der Waals surface area contributed by atoms with Gasteiger partial charge in [-0.3, -0.25) is 14.4 Å². The molecule has 4 heteroatoms. The van der Waals surface area contributed by atoms with Crippen molar-refractivity contribution in [2.75, 3.05) is 0 Å². The smallest absolute Gasteiger partial charge is 0.223 e. The molecular formula is C13H23NO3. The summed E-state index contributed by atoms with van der Waals surface area (Å²) in [6.07, 6.45) is 1.22. The first-order valence-corrected chi connectivity index (χ1v) is 6.14. The Hall–Kier alpha value is -1.19. The van der Waals surface area contributed by atoms with E-state index in [1.54, 1.807) is 6.92 Å². The molecule has 0 aromatic rings. The highest BCUT2D eigenvalue weighted by molar-refractivity contribution is 6.38. The molecule has 0 spiro atoms. The summed E-state index contributed by atoms with van der Waals surface area (Å²) in [7, 11) is 0. The van der Waals surface area contributed by atoms with E-state index in [4.69, 9.17) is 0 Å². The van der Waals surface area contributed by atoms with Crippen LogP contribution in [0.15, 0.2) is 0 Å². The number of hydrogen-bond donors (Lipinski definition) is 1. The average molecular weight is 241 g/mol. The van der Waals surface area contributed by atoms with Gasteiger partial charge in [-0.15, -0.1) is 0 Å². The Bertz CT molecular complexity index is 297. The van der Waals surface area contributed by atoms with E-state index in [0.717, 1.165) is 6.42 Å². The second-order valence-electron chi connectivity index (χ2n) is 4.92. The monoisotopic (exact) mass is 241 g/mol. The number of hydrogen-bond acceptors (Lipinski definition) is 3. The van der Waals surface area contributed by atoms with Crippen molar-refractivity contribution in [3.05, 3.63) is 0 Å². The van der Waals surface area contributed by atoms with Crippen LogP contribution in [0.3, 0.4) is 0 Å². The molecule has 0 aliphatic heterocycles. The second kappa shape index (κ2) is 7.20. The lowest BCUT2D eigenvalue weighted by Crippen LogP contribution is -2.45. The van der Waals surface area contributed by atoms with Gasteiger partial charge in [0.25, 0.3) is 0 Å². The van der Waals surface area contributed by atoms with Crippen molar-refractivity contribution >= 4 is 17.5 Å². The molecule has 1 N–H and O–H groups in total. The van der Waals surface area contributed by atoms with Crippen LogP contribution in [0.4, 0.5) is 0 Å². The summed E-state index contributed by atoms with van der Waals surface area (Å²) in [4.78, 5) is 34.3. The first-order chi connectivity index (χ1) is 7.79. The molecule has 98 valence electrons. The van der Waals surface area contributed by atoms with E-state index >= 15 is 0 Å². The summed E-state index contributed by atoms with van der Waals surface area (Å²) < 4.78 is 0. The molecule has 0 saturated carbocycles. The number of amides is 1. The molecule has 0 rings (SSSR count). The summed E-state index contributed by atoms with van der Waals surface area (Å²) in [5, 5.41) is 2.64. The lowest BCUT2D eigenvalue weighted by Gasteiger charge is -2.19. The van der Waals surface area contributed by atoms with Crippen molar-refractivity contribution in [1.82, 2.24) is 5.32 Å². The fourth-order valence-electron chi connectivity index (χ4n) is 1.73. The minimum Gasteiger partial charge on any atom is -0.346 e. The van der Waals surface area contributed by atoms with Gasteiger partial charge in [0.15, 0.2) is 5.78 Å². The van der Waals surface area contributed by atoms with E-state index in [9.17, 15) is 14.4 Å². The van der Waals surface area contributed by atoms with Gasteiger partial charge < -0.3 is 5.32 Å². The quantitative estimate of drug-likeness (QED) is 0.690. The van der Waals surface area contributed by atoms with Gasteiger partial charge in [0.2, 0.25) is 11.7 Å². The van der Waals surface area contributed by atoms with E-state index in [-0.39, 0.29) is 11.8 Å². The van der Waals surface area contributed by atoms with Gasteiger partial charge in [-0.2, -0.15) is 0 Å². The lowest BCUT2D eigenvalue weighted by molar-refractivity contribution is -0.138. The molecule has 0 radical (unpaired) electrons. The largest absolute Gasteiger partial charge is 0.346 e. The Morgan fingerprint density at radius 2 is 1.65 bits per heavy atom. The molecule has 0 heterocycles. The number of rotatable bonds is 7. The van der Waals surface area contributed by atoms with Crippen LogP contribution in [0.25, 0.3) is 0 Å². The fourth-order valence-corrected chi connectivity index (χ4v) is 1.73. The second-order valence-corrected chi connectivity index (χ2v) is 4.92. The van der Waals surface area contributed by atoms with Crippen LogP contribution >= 0.6 is 0 Å². The predicted octanol–water partition coefficient (Wildman–Crippen LogP) is 1.72. The standard InChI is InChI=1S/C13H23NO3/c1-6-11(12(16)10(5)15)14-13(17)9(4)7-8(2)3/h8-9,11H,6-7H2,1-5H3,(H,14,17)/t9-,11?/m0/s1. The van der Waals surface area contributed by atoms with E-state index in [0.29, 0.717) is 12.3 Å². The SMILES string of the molecule is CCC(NC(=O)[C@@H](C)CC(C)C)C(=O)C(C)=O. The maximum Gasteiger partial charge on any atom is 0.223 e. The van der Waals surface area contributed by atoms with Crippen molar-refractivity contribution < 1.29 is 14.4 Å². The van der Waals surface area contributed by atoms with E-state index < -0.39 is 17.6 Å². The first kappa shape index (κ1) is 15.8. The molecule has 0 bridgehead atoms. The Morgan fingerprint density at radius 1 is 1.12 bits per heavy atom. The maximum absolute atomic E-state index is 11.8. The normalized spacial score (nSPS) is 14.2. The number of carbonyl (C=O) groups excluding carboxylic acids is 3. The highest BCUT2D eigenvalue weighted by Crippen LogP contribution is 2.11. The molecule has 0 aromatic heterocycles. The van der Waals surface area contributed by atoms with Crippen LogP contribution in [0.5, 0.6) is 0 Å². The van der Waals surface area contributed by atoms with Gasteiger partial charge in [-0.05, 0) is 18.8 Å². The molecule has 0 aliphatic rings. The number of Topliss-reactive ketones (excluding diaryl/α,β-unsaturated/α-hetero) is 2. The highest BCUT2D eigenvalue weighted by atomic mass is 16.2. The summed E-state index contributed by atoms with van der Waals surface area (Å²) in [6, 6.07) is -0.672. The molecule has 4 nitrogen and oxygen atoms in total. The van der Waals surface area contributed by atoms with E-state index in [2.05, 4.69) is 5.32 Å². The summed E-state index contributed by atoms with van der Waals surface area (Å²) in [6.45, 7) is 8.93. The molecular weight excluding hydrogens is 218 g/mol. The summed E-state index contributed by atoms with van der Waals surface area (Å²) >= 11 is 0. The number of nitrogens with one attached hydrogen (secondary N) is 1. The van der Waals surface area contributed by atoms with Crippen molar-refractivity contribution in [3.8, 4) is 0 Å². The van der Waals surface area contributed by atoms with Gasteiger partial charge in [0.05, 0.1) is 6.04 Å². The molecule has 0 saturated heterocycles. The van der Waals surface area contributed by atoms with Crippen LogP contribution in [0.1, 0.15) is 47.5 Å². The van der Waals surface area contributed by atoms with Crippen LogP contribution in [0, 0.1) is 11.8 Å². The molecule has 1 amide bonds. The Balaban J connectivity index is 4.43. The van der Waals surface area contributed by atoms with Crippen molar-refractivity contribution in [2.24, 2.45) is 11.8 Å². The van der Waals surface area contributed by atoms with Crippen LogP contribution in [-0.2, 0) is 14.4 Å². The Morgan fingerprint density at radius 3 is 2.00 bits per heavy atom. The van der Waals surface area contributed by atoms with Gasteiger partial charge >= 0.3 is 0 Å². The zero-order valence-corrected chi connectivity index (χ0v) is 11.4. The van der Waals surface area contributed by atoms with Crippen molar-refractivity contribution in [1.29, 1.82) is 0 Å². The minimum atomic E-state index is -0.672. The summed E-state index contributed by atoms with van der Waals surface area (Å²) in [5.74, 6) is -0.880. The molecule has 0 fully saturated rings. The van der Waals surface area contributed by atoms with Crippen LogP contribution in [-0.4, -0.2) is 23.5 Å². The predicted molar refractivity (Wildman–Crippen MR) is 66.5 cm³/mol. The molecule has 2 atom stereocenters. The average Bonchev–Trinajstić information content (AvgIpc) is 2.23. The zero-order valence-electron chi connectivity index (χ0n) is 11.4. The molecule has 0 aromatic carbocycles. The zero-order chi connectivity index (χ0) is 13.6. The number of ketones is 2. The van der Waals surface area contributed by atoms with Gasteiger partial charge in [-0.25, -0.2) is 0 Å². The third kappa shape index (κ3) is 5.61. The summed E-state index contributed by atoms with van der Waals surface area (Å²) in [5.41, 5.74) is 0. The number of carbonyl (C=O) groups is 3. The van der Waals surface area contributed by atoms with Crippen LogP contribution in [0.2, 0.25) is 0 Å². The Kier molecular flexibility index (Phi) is 6.69. The molecule has 17 heavy (non-hydrogen) atoms. The minimum absolute atomic E-state index is 0.135. The highest BCUT2D eigenvalue weighted by Gasteiger charge is 2.24. The maximum atomic E-state index is 11.8. The van der Waals surface area contributed by atoms with E-state index in [1.807, 2.05) is 20.8 Å². The van der Waals surface area contributed by atoms with Crippen molar-refractivity contribution in [3.63, 3.8) is 0 Å². The van der Waals surface area contributed by atoms with Crippen molar-refractivity contribution in [2.45, 2.75) is 53.5 Å².